The zero-order chi connectivity index (χ0) is 10.7. The summed E-state index contributed by atoms with van der Waals surface area (Å²) in [6.07, 6.45) is 0. The first-order valence-electron chi connectivity index (χ1n) is 4.90. The molecule has 2 rings (SSSR count). The van der Waals surface area contributed by atoms with Gasteiger partial charge in [-0.05, 0) is 0 Å². The summed E-state index contributed by atoms with van der Waals surface area (Å²) < 4.78 is 12.6. The van der Waals surface area contributed by atoms with Crippen molar-refractivity contribution < 1.29 is 4.57 Å². The van der Waals surface area contributed by atoms with Gasteiger partial charge in [0.2, 0.25) is 0 Å². The van der Waals surface area contributed by atoms with Gasteiger partial charge in [-0.25, -0.2) is 0 Å². The Hall–Kier alpha value is -0.733. The third kappa shape index (κ3) is 2.27. The molecule has 2 aromatic rings. The van der Waals surface area contributed by atoms with Crippen LogP contribution in [0.2, 0.25) is 0 Å². The topological polar surface area (TPSA) is 17.1 Å². The summed E-state index contributed by atoms with van der Waals surface area (Å²) in [7, 11) is 0. The molecule has 15 heavy (non-hydrogen) atoms. The zero-order valence-corrected chi connectivity index (χ0v) is 9.52. The first-order chi connectivity index (χ1) is 7.21. The summed E-state index contributed by atoms with van der Waals surface area (Å²) in [5.74, 6) is 0. The van der Waals surface area contributed by atoms with Gasteiger partial charge in [-0.3, -0.25) is 0 Å². The predicted octanol–water partition coefficient (Wildman–Crippen LogP) is 2.08. The molecule has 0 atom stereocenters. The average molecular weight is 208 g/mol. The van der Waals surface area contributed by atoms with Gasteiger partial charge in [0.05, 0.1) is 0 Å². The molecule has 3 heteroatoms. The van der Waals surface area contributed by atoms with Gasteiger partial charge in [0, 0.05) is 0 Å². The van der Waals surface area contributed by atoms with Gasteiger partial charge in [-0.15, -0.1) is 0 Å². The second kappa shape index (κ2) is 4.41. The van der Waals surface area contributed by atoms with Crippen molar-refractivity contribution in [2.24, 2.45) is 0 Å². The van der Waals surface area contributed by atoms with E-state index in [0.29, 0.717) is 0 Å². The molecule has 2 aromatic carbocycles. The summed E-state index contributed by atoms with van der Waals surface area (Å²) in [5.41, 5.74) is -2.40. The Kier molecular flexibility index (Phi) is 3.17. The van der Waals surface area contributed by atoms with Crippen LogP contribution in [0.1, 0.15) is 0 Å². The van der Waals surface area contributed by atoms with E-state index < -0.39 is 5.57 Å². The van der Waals surface area contributed by atoms with Crippen LogP contribution in [0.5, 0.6) is 0 Å². The van der Waals surface area contributed by atoms with E-state index in [1.54, 1.807) is 0 Å². The first kappa shape index (κ1) is 10.8. The Morgan fingerprint density at radius 3 is 1.40 bits per heavy atom. The van der Waals surface area contributed by atoms with Crippen molar-refractivity contribution in [1.82, 2.24) is 0 Å². The maximum absolute atomic E-state index is 12.6. The van der Waals surface area contributed by atoms with E-state index in [2.05, 4.69) is 0 Å². The van der Waals surface area contributed by atoms with Crippen LogP contribution in [0.15, 0.2) is 60.7 Å². The van der Waals surface area contributed by atoms with Crippen molar-refractivity contribution in [3.8, 4) is 0 Å². The summed E-state index contributed by atoms with van der Waals surface area (Å²) in [5, 5.41) is 1.83. The van der Waals surface area contributed by atoms with Crippen LogP contribution in [0.3, 0.4) is 0 Å². The Morgan fingerprint density at radius 1 is 0.733 bits per heavy atom. The SMILES string of the molecule is [Li][P](=O)(c1ccccc1)c1ccccc1. The fourth-order valence-electron chi connectivity index (χ4n) is 1.57. The van der Waals surface area contributed by atoms with Crippen LogP contribution >= 0.6 is 5.57 Å². The van der Waals surface area contributed by atoms with Crippen LogP contribution in [-0.4, -0.2) is 17.2 Å². The fourth-order valence-corrected chi connectivity index (χ4v) is 3.35. The van der Waals surface area contributed by atoms with E-state index >= 15 is 0 Å². The Bertz CT molecular complexity index is 438. The second-order valence-electron chi connectivity index (χ2n) is 3.60. The van der Waals surface area contributed by atoms with Crippen LogP contribution in [0.4, 0.5) is 0 Å². The molecule has 0 saturated carbocycles. The molecule has 1 nitrogen and oxygen atoms in total. The molecular weight excluding hydrogens is 198 g/mol. The Labute approximate surface area is 98.6 Å². The third-order valence-corrected chi connectivity index (χ3v) is 5.06. The molecule has 0 radical (unpaired) electrons. The predicted molar refractivity (Wildman–Crippen MR) is 65.5 cm³/mol. The van der Waals surface area contributed by atoms with Crippen molar-refractivity contribution in [2.45, 2.75) is 0 Å². The standard InChI is InChI=1S/C12H10OP.Li/c13-14(11-7-3-1-4-8-11)12-9-5-2-6-10-12;/h1-10H;/q+1;-1. The maximum atomic E-state index is 12.6. The van der Waals surface area contributed by atoms with Gasteiger partial charge in [-0.2, -0.15) is 0 Å². The fraction of sp³-hybridized carbons (Fsp3) is 0. The first-order valence-corrected chi connectivity index (χ1v) is 7.05. The van der Waals surface area contributed by atoms with Crippen molar-refractivity contribution in [3.05, 3.63) is 60.7 Å². The van der Waals surface area contributed by atoms with Gasteiger partial charge in [-0.1, -0.05) is 0 Å². The second-order valence-corrected chi connectivity index (χ2v) is 6.48. The van der Waals surface area contributed by atoms with Gasteiger partial charge in [0.15, 0.2) is 0 Å². The molecule has 0 amide bonds. The minimum atomic E-state index is -2.40. The molecule has 0 aromatic heterocycles. The summed E-state index contributed by atoms with van der Waals surface area (Å²) >= 11 is 1.82. The van der Waals surface area contributed by atoms with Crippen molar-refractivity contribution in [3.63, 3.8) is 0 Å². The number of hydrogen-bond acceptors (Lipinski definition) is 1. The van der Waals surface area contributed by atoms with E-state index in [1.807, 2.05) is 77.9 Å². The molecule has 0 aliphatic heterocycles. The minimum absolute atomic E-state index is 0.913. The van der Waals surface area contributed by atoms with Crippen LogP contribution < -0.4 is 10.6 Å². The van der Waals surface area contributed by atoms with Gasteiger partial charge in [0.25, 0.3) is 0 Å². The van der Waals surface area contributed by atoms with E-state index in [4.69, 9.17) is 0 Å². The molecule has 0 fully saturated rings. The Morgan fingerprint density at radius 2 is 1.07 bits per heavy atom. The van der Waals surface area contributed by atoms with Crippen molar-refractivity contribution >= 4 is 33.4 Å². The van der Waals surface area contributed by atoms with E-state index in [9.17, 15) is 4.57 Å². The third-order valence-electron chi connectivity index (χ3n) is 2.50. The summed E-state index contributed by atoms with van der Waals surface area (Å²) in [6.45, 7) is 0. The number of benzene rings is 2. The van der Waals surface area contributed by atoms with Crippen molar-refractivity contribution in [2.75, 3.05) is 0 Å². The summed E-state index contributed by atoms with van der Waals surface area (Å²) in [4.78, 5) is 0. The normalized spacial score (nSPS) is 11.3. The van der Waals surface area contributed by atoms with E-state index in [1.165, 1.54) is 0 Å². The van der Waals surface area contributed by atoms with Crippen molar-refractivity contribution in [1.29, 1.82) is 0 Å². The summed E-state index contributed by atoms with van der Waals surface area (Å²) in [6, 6.07) is 19.3. The van der Waals surface area contributed by atoms with Crippen LogP contribution in [0.25, 0.3) is 0 Å². The number of hydrogen-bond donors (Lipinski definition) is 0. The molecule has 0 saturated heterocycles. The van der Waals surface area contributed by atoms with E-state index in [-0.39, 0.29) is 0 Å². The quantitative estimate of drug-likeness (QED) is 0.545. The molecule has 0 spiro atoms. The molecule has 0 bridgehead atoms. The molecular formula is C12H10LiOP. The number of rotatable bonds is 2. The van der Waals surface area contributed by atoms with E-state index in [0.717, 1.165) is 10.6 Å². The molecule has 0 aliphatic carbocycles. The Balaban J connectivity index is 2.50. The molecule has 0 heterocycles. The molecule has 70 valence electrons. The van der Waals surface area contributed by atoms with Crippen LogP contribution in [-0.2, 0) is 4.57 Å². The molecule has 0 N–H and O–H groups in total. The van der Waals surface area contributed by atoms with Gasteiger partial charge >= 0.3 is 98.6 Å². The zero-order valence-electron chi connectivity index (χ0n) is 8.63. The molecule has 0 aliphatic rings. The monoisotopic (exact) mass is 208 g/mol. The van der Waals surface area contributed by atoms with Gasteiger partial charge < -0.3 is 0 Å². The van der Waals surface area contributed by atoms with Gasteiger partial charge in [0.1, 0.15) is 0 Å². The average Bonchev–Trinajstić information content (AvgIpc) is 2.31. The molecule has 0 unspecified atom stereocenters. The van der Waals surface area contributed by atoms with Crippen LogP contribution in [0, 0.1) is 0 Å².